The molecule has 0 saturated carbocycles. The number of aryl methyl sites for hydroxylation is 1. The number of hydrogen-bond donors (Lipinski definition) is 1. The van der Waals surface area contributed by atoms with Gasteiger partial charge in [0, 0.05) is 23.0 Å². The van der Waals surface area contributed by atoms with Crippen molar-refractivity contribution in [2.75, 3.05) is 5.73 Å². The number of nitrogen functional groups attached to an aromatic ring is 1. The molecular formula is C12H19BN2O2. The Balaban J connectivity index is 2.49. The van der Waals surface area contributed by atoms with Crippen molar-refractivity contribution < 1.29 is 12.1 Å². The van der Waals surface area contributed by atoms with Crippen LogP contribution in [0.5, 0.6) is 0 Å². The summed E-state index contributed by atoms with van der Waals surface area (Å²) in [5.74, 6) is 0. The predicted molar refractivity (Wildman–Crippen MR) is 69.1 cm³/mol. The highest BCUT2D eigenvalue weighted by Crippen LogP contribution is 2.36. The molecule has 92 valence electrons. The maximum absolute atomic E-state index is 7.76. The summed E-state index contributed by atoms with van der Waals surface area (Å²) >= 11 is 0. The molecular weight excluding hydrogens is 215 g/mol. The third-order valence-corrected chi connectivity index (χ3v) is 3.58. The second-order valence-corrected chi connectivity index (χ2v) is 5.35. The Kier molecular flexibility index (Phi) is 2.17. The molecule has 0 atom stereocenters. The molecule has 0 aromatic carbocycles. The molecule has 0 amide bonds. The van der Waals surface area contributed by atoms with Crippen molar-refractivity contribution in [2.45, 2.75) is 45.8 Å². The van der Waals surface area contributed by atoms with Crippen molar-refractivity contribution in [2.24, 2.45) is 0 Å². The van der Waals surface area contributed by atoms with E-state index >= 15 is 0 Å². The van der Waals surface area contributed by atoms with Crippen LogP contribution in [0.25, 0.3) is 0 Å². The zero-order valence-corrected chi connectivity index (χ0v) is 10.9. The van der Waals surface area contributed by atoms with Crippen LogP contribution in [0.1, 0.15) is 36.1 Å². The fraction of sp³-hybridized carbons (Fsp3) is 0.583. The Bertz CT molecular complexity index is 519. The molecule has 1 fully saturated rings. The van der Waals surface area contributed by atoms with Gasteiger partial charge in [-0.25, -0.2) is 0 Å². The quantitative estimate of drug-likeness (QED) is 0.746. The smallest absolute Gasteiger partial charge is 0.399 e. The van der Waals surface area contributed by atoms with Gasteiger partial charge in [-0.1, -0.05) is 0 Å². The van der Waals surface area contributed by atoms with Gasteiger partial charge < -0.3 is 15.0 Å². The van der Waals surface area contributed by atoms with Crippen molar-refractivity contribution in [3.63, 3.8) is 0 Å². The Hall–Kier alpha value is -1.07. The zero-order valence-electron chi connectivity index (χ0n) is 12.9. The molecule has 0 bridgehead atoms. The first-order valence-corrected chi connectivity index (χ1v) is 5.65. The first-order chi connectivity index (χ1) is 8.57. The van der Waals surface area contributed by atoms with Gasteiger partial charge in [-0.15, -0.1) is 0 Å². The van der Waals surface area contributed by atoms with Gasteiger partial charge in [0.1, 0.15) is 0 Å². The minimum absolute atomic E-state index is 0.0877. The lowest BCUT2D eigenvalue weighted by Crippen LogP contribution is -2.41. The SMILES string of the molecule is [2H]c1nc(C)c(B2OC(C)(C)C(C)(C)O2)c(N)c1[2H]. The number of pyridine rings is 1. The van der Waals surface area contributed by atoms with Crippen LogP contribution in [-0.4, -0.2) is 23.3 Å². The number of hydrogen-bond acceptors (Lipinski definition) is 4. The predicted octanol–water partition coefficient (Wildman–Crippen LogP) is 1.27. The molecule has 1 aliphatic rings. The van der Waals surface area contributed by atoms with Gasteiger partial charge >= 0.3 is 7.12 Å². The summed E-state index contributed by atoms with van der Waals surface area (Å²) in [5.41, 5.74) is 6.31. The number of nitrogens with zero attached hydrogens (tertiary/aromatic N) is 1. The molecule has 2 rings (SSSR count). The van der Waals surface area contributed by atoms with Gasteiger partial charge in [0.15, 0.2) is 0 Å². The highest BCUT2D eigenvalue weighted by atomic mass is 16.7. The molecule has 0 aliphatic carbocycles. The zero-order chi connectivity index (χ0) is 14.6. The first-order valence-electron chi connectivity index (χ1n) is 6.65. The summed E-state index contributed by atoms with van der Waals surface area (Å²) in [7, 11) is -0.651. The molecule has 0 spiro atoms. The molecule has 0 radical (unpaired) electrons. The summed E-state index contributed by atoms with van der Waals surface area (Å²) in [6, 6.07) is -0.0877. The van der Waals surface area contributed by atoms with Gasteiger partial charge in [-0.3, -0.25) is 4.98 Å². The summed E-state index contributed by atoms with van der Waals surface area (Å²) in [5, 5.41) is 0. The second kappa shape index (κ2) is 3.72. The summed E-state index contributed by atoms with van der Waals surface area (Å²) < 4.78 is 27.2. The molecule has 1 aromatic rings. The Morgan fingerprint density at radius 1 is 1.29 bits per heavy atom. The minimum Gasteiger partial charge on any atom is -0.399 e. The van der Waals surface area contributed by atoms with Crippen LogP contribution in [0.4, 0.5) is 5.69 Å². The molecule has 1 aromatic heterocycles. The van der Waals surface area contributed by atoms with E-state index in [1.807, 2.05) is 27.7 Å². The third kappa shape index (κ3) is 1.94. The summed E-state index contributed by atoms with van der Waals surface area (Å²) in [6.45, 7) is 9.55. The van der Waals surface area contributed by atoms with Crippen molar-refractivity contribution in [1.82, 2.24) is 4.98 Å². The summed E-state index contributed by atoms with van der Waals surface area (Å²) in [4.78, 5) is 4.01. The van der Waals surface area contributed by atoms with Crippen LogP contribution in [0.3, 0.4) is 0 Å². The maximum Gasteiger partial charge on any atom is 0.498 e. The molecule has 1 aliphatic heterocycles. The van der Waals surface area contributed by atoms with Crippen LogP contribution in [0, 0.1) is 6.92 Å². The number of rotatable bonds is 1. The highest BCUT2D eigenvalue weighted by Gasteiger charge is 2.52. The molecule has 2 heterocycles. The number of nitrogens with two attached hydrogens (primary N) is 1. The average molecular weight is 236 g/mol. The van der Waals surface area contributed by atoms with E-state index in [4.69, 9.17) is 17.8 Å². The van der Waals surface area contributed by atoms with Crippen LogP contribution in [-0.2, 0) is 9.31 Å². The molecule has 17 heavy (non-hydrogen) atoms. The Morgan fingerprint density at radius 2 is 1.82 bits per heavy atom. The second-order valence-electron chi connectivity index (χ2n) is 5.35. The van der Waals surface area contributed by atoms with Crippen LogP contribution in [0.15, 0.2) is 12.2 Å². The lowest BCUT2D eigenvalue weighted by molar-refractivity contribution is 0.00578. The largest absolute Gasteiger partial charge is 0.498 e. The van der Waals surface area contributed by atoms with E-state index in [0.29, 0.717) is 11.2 Å². The lowest BCUT2D eigenvalue weighted by atomic mass is 9.77. The molecule has 4 nitrogen and oxygen atoms in total. The average Bonchev–Trinajstić information content (AvgIpc) is 2.44. The van der Waals surface area contributed by atoms with E-state index < -0.39 is 18.3 Å². The van der Waals surface area contributed by atoms with E-state index in [-0.39, 0.29) is 17.9 Å². The monoisotopic (exact) mass is 236 g/mol. The standard InChI is InChI=1S/C12H19BN2O2/c1-8-10(9(14)6-7-15-8)13-16-11(2,3)12(4,5)17-13/h6-7H,1-5H3,(H2,14,15)/i6D,7D. The normalized spacial score (nSPS) is 23.5. The van der Waals surface area contributed by atoms with E-state index in [9.17, 15) is 0 Å². The van der Waals surface area contributed by atoms with Crippen molar-refractivity contribution in [1.29, 1.82) is 0 Å². The number of anilines is 1. The first kappa shape index (κ1) is 9.91. The fourth-order valence-corrected chi connectivity index (χ4v) is 1.75. The Labute approximate surface area is 105 Å². The van der Waals surface area contributed by atoms with Gasteiger partial charge in [0.2, 0.25) is 0 Å². The molecule has 2 N–H and O–H groups in total. The minimum atomic E-state index is -0.651. The fourth-order valence-electron chi connectivity index (χ4n) is 1.75. The van der Waals surface area contributed by atoms with Gasteiger partial charge in [-0.05, 0) is 40.7 Å². The molecule has 1 saturated heterocycles. The van der Waals surface area contributed by atoms with Crippen LogP contribution < -0.4 is 11.2 Å². The maximum atomic E-state index is 7.76. The van der Waals surface area contributed by atoms with Crippen LogP contribution >= 0.6 is 0 Å². The van der Waals surface area contributed by atoms with Crippen molar-refractivity contribution in [3.05, 3.63) is 17.9 Å². The molecule has 5 heteroatoms. The lowest BCUT2D eigenvalue weighted by Gasteiger charge is -2.32. The third-order valence-electron chi connectivity index (χ3n) is 3.58. The van der Waals surface area contributed by atoms with Crippen molar-refractivity contribution >= 4 is 18.3 Å². The van der Waals surface area contributed by atoms with Gasteiger partial charge in [0.25, 0.3) is 0 Å². The van der Waals surface area contributed by atoms with Crippen LogP contribution in [0.2, 0.25) is 0 Å². The topological polar surface area (TPSA) is 57.4 Å². The van der Waals surface area contributed by atoms with Gasteiger partial charge in [-0.2, -0.15) is 0 Å². The highest BCUT2D eigenvalue weighted by molar-refractivity contribution is 6.64. The van der Waals surface area contributed by atoms with E-state index in [2.05, 4.69) is 4.98 Å². The van der Waals surface area contributed by atoms with Gasteiger partial charge in [0.05, 0.1) is 13.9 Å². The van der Waals surface area contributed by atoms with E-state index in [0.717, 1.165) is 0 Å². The van der Waals surface area contributed by atoms with E-state index in [1.165, 1.54) is 0 Å². The van der Waals surface area contributed by atoms with E-state index in [1.54, 1.807) is 6.92 Å². The summed E-state index contributed by atoms with van der Waals surface area (Å²) in [6.07, 6.45) is -0.129. The number of aromatic nitrogens is 1. The molecule has 0 unspecified atom stereocenters. The Morgan fingerprint density at radius 3 is 2.35 bits per heavy atom. The van der Waals surface area contributed by atoms with Crippen molar-refractivity contribution in [3.8, 4) is 0 Å².